The first-order valence-corrected chi connectivity index (χ1v) is 10.4. The van der Waals surface area contributed by atoms with Gasteiger partial charge in [0, 0.05) is 37.9 Å². The lowest BCUT2D eigenvalue weighted by atomic mass is 10.1. The molecule has 0 atom stereocenters. The normalized spacial score (nSPS) is 13.9. The lowest BCUT2D eigenvalue weighted by Crippen LogP contribution is -2.48. The highest BCUT2D eigenvalue weighted by Gasteiger charge is 2.25. The summed E-state index contributed by atoms with van der Waals surface area (Å²) in [6.07, 6.45) is 0. The number of rotatable bonds is 6. The molecular formula is C24H27N3O4. The van der Waals surface area contributed by atoms with Gasteiger partial charge in [0.15, 0.2) is 0 Å². The molecule has 0 unspecified atom stereocenters. The number of aryl methyl sites for hydroxylation is 2. The van der Waals surface area contributed by atoms with Crippen molar-refractivity contribution in [1.29, 1.82) is 0 Å². The van der Waals surface area contributed by atoms with Gasteiger partial charge in [0.1, 0.15) is 23.9 Å². The van der Waals surface area contributed by atoms with Crippen LogP contribution in [0.4, 0.5) is 5.69 Å². The van der Waals surface area contributed by atoms with Crippen LogP contribution in [0.1, 0.15) is 27.4 Å². The molecule has 4 rings (SSSR count). The minimum absolute atomic E-state index is 0.0142. The molecule has 1 aromatic heterocycles. The van der Waals surface area contributed by atoms with Crippen LogP contribution in [0.25, 0.3) is 0 Å². The maximum Gasteiger partial charge on any atom is 0.257 e. The lowest BCUT2D eigenvalue weighted by Gasteiger charge is -2.36. The number of methoxy groups -OCH3 is 1. The molecular weight excluding hydrogens is 394 g/mol. The van der Waals surface area contributed by atoms with Gasteiger partial charge in [0.25, 0.3) is 5.91 Å². The van der Waals surface area contributed by atoms with Crippen molar-refractivity contribution in [1.82, 2.24) is 10.1 Å². The van der Waals surface area contributed by atoms with E-state index in [1.165, 1.54) is 0 Å². The second-order valence-corrected chi connectivity index (χ2v) is 7.57. The Kier molecular flexibility index (Phi) is 6.11. The van der Waals surface area contributed by atoms with E-state index in [0.717, 1.165) is 41.5 Å². The lowest BCUT2D eigenvalue weighted by molar-refractivity contribution is 0.0742. The van der Waals surface area contributed by atoms with E-state index in [-0.39, 0.29) is 5.91 Å². The van der Waals surface area contributed by atoms with Crippen LogP contribution in [0.15, 0.2) is 53.1 Å². The SMILES string of the molecule is COc1cccc(N2CCN(C(=O)c3ccccc3OCc3c(C)noc3C)CC2)c1. The topological polar surface area (TPSA) is 68.0 Å². The zero-order valence-corrected chi connectivity index (χ0v) is 18.1. The van der Waals surface area contributed by atoms with Gasteiger partial charge < -0.3 is 23.8 Å². The van der Waals surface area contributed by atoms with Crippen molar-refractivity contribution in [3.63, 3.8) is 0 Å². The minimum Gasteiger partial charge on any atom is -0.497 e. The van der Waals surface area contributed by atoms with E-state index in [1.807, 2.05) is 61.2 Å². The number of hydrogen-bond acceptors (Lipinski definition) is 6. The zero-order chi connectivity index (χ0) is 21.8. The molecule has 0 radical (unpaired) electrons. The molecule has 162 valence electrons. The molecule has 1 fully saturated rings. The van der Waals surface area contributed by atoms with Crippen molar-refractivity contribution >= 4 is 11.6 Å². The highest BCUT2D eigenvalue weighted by atomic mass is 16.5. The standard InChI is InChI=1S/C24H27N3O4/c1-17-22(18(2)31-25-17)16-30-23-10-5-4-9-21(23)24(28)27-13-11-26(12-14-27)19-7-6-8-20(15-19)29-3/h4-10,15H,11-14,16H2,1-3H3. The van der Waals surface area contributed by atoms with E-state index in [1.54, 1.807) is 7.11 Å². The molecule has 7 nitrogen and oxygen atoms in total. The predicted octanol–water partition coefficient (Wildman–Crippen LogP) is 3.84. The van der Waals surface area contributed by atoms with Gasteiger partial charge in [-0.05, 0) is 38.1 Å². The van der Waals surface area contributed by atoms with Gasteiger partial charge in [0.05, 0.1) is 23.9 Å². The number of carbonyl (C=O) groups excluding carboxylic acids is 1. The average Bonchev–Trinajstić information content (AvgIpc) is 3.14. The number of anilines is 1. The summed E-state index contributed by atoms with van der Waals surface area (Å²) in [5.41, 5.74) is 3.39. The van der Waals surface area contributed by atoms with Crippen LogP contribution < -0.4 is 14.4 Å². The number of amides is 1. The Balaban J connectivity index is 1.42. The number of nitrogens with zero attached hydrogens (tertiary/aromatic N) is 3. The van der Waals surface area contributed by atoms with Gasteiger partial charge in [-0.3, -0.25) is 4.79 Å². The maximum absolute atomic E-state index is 13.2. The first kappa shape index (κ1) is 20.8. The molecule has 1 aliphatic rings. The van der Waals surface area contributed by atoms with Gasteiger partial charge in [0.2, 0.25) is 0 Å². The molecule has 2 heterocycles. The number of para-hydroxylation sites is 1. The van der Waals surface area contributed by atoms with Crippen molar-refractivity contribution in [3.8, 4) is 11.5 Å². The molecule has 0 aliphatic carbocycles. The molecule has 31 heavy (non-hydrogen) atoms. The average molecular weight is 421 g/mol. The number of piperazine rings is 1. The molecule has 3 aromatic rings. The number of hydrogen-bond donors (Lipinski definition) is 0. The van der Waals surface area contributed by atoms with Crippen molar-refractivity contribution in [2.24, 2.45) is 0 Å². The molecule has 1 amide bonds. The molecule has 0 bridgehead atoms. The first-order chi connectivity index (χ1) is 15.1. The number of aromatic nitrogens is 1. The fourth-order valence-corrected chi connectivity index (χ4v) is 3.77. The van der Waals surface area contributed by atoms with E-state index in [4.69, 9.17) is 14.0 Å². The number of benzene rings is 2. The molecule has 1 saturated heterocycles. The molecule has 0 spiro atoms. The third-order valence-electron chi connectivity index (χ3n) is 5.66. The monoisotopic (exact) mass is 421 g/mol. The fourth-order valence-electron chi connectivity index (χ4n) is 3.77. The Morgan fingerprint density at radius 2 is 1.84 bits per heavy atom. The Morgan fingerprint density at radius 3 is 2.55 bits per heavy atom. The third-order valence-corrected chi connectivity index (χ3v) is 5.66. The Hall–Kier alpha value is -3.48. The van der Waals surface area contributed by atoms with Gasteiger partial charge in [-0.25, -0.2) is 0 Å². The Labute approximate surface area is 182 Å². The van der Waals surface area contributed by atoms with Crippen LogP contribution in [0, 0.1) is 13.8 Å². The summed E-state index contributed by atoms with van der Waals surface area (Å²) in [6, 6.07) is 15.4. The molecule has 0 saturated carbocycles. The zero-order valence-electron chi connectivity index (χ0n) is 18.1. The second kappa shape index (κ2) is 9.12. The fraction of sp³-hybridized carbons (Fsp3) is 0.333. The summed E-state index contributed by atoms with van der Waals surface area (Å²) in [6.45, 7) is 6.88. The third kappa shape index (κ3) is 4.50. The van der Waals surface area contributed by atoms with Gasteiger partial charge >= 0.3 is 0 Å². The first-order valence-electron chi connectivity index (χ1n) is 10.4. The van der Waals surface area contributed by atoms with Crippen LogP contribution in [0.2, 0.25) is 0 Å². The minimum atomic E-state index is -0.0142. The predicted molar refractivity (Wildman–Crippen MR) is 118 cm³/mol. The van der Waals surface area contributed by atoms with Crippen LogP contribution in [-0.2, 0) is 6.61 Å². The summed E-state index contributed by atoms with van der Waals surface area (Å²) in [4.78, 5) is 17.4. The van der Waals surface area contributed by atoms with E-state index >= 15 is 0 Å². The van der Waals surface area contributed by atoms with Gasteiger partial charge in [-0.2, -0.15) is 0 Å². The highest BCUT2D eigenvalue weighted by Crippen LogP contribution is 2.25. The van der Waals surface area contributed by atoms with E-state index in [0.29, 0.717) is 31.0 Å². The molecule has 7 heteroatoms. The van der Waals surface area contributed by atoms with E-state index < -0.39 is 0 Å². The Morgan fingerprint density at radius 1 is 1.06 bits per heavy atom. The second-order valence-electron chi connectivity index (χ2n) is 7.57. The Bertz CT molecular complexity index is 1030. The van der Waals surface area contributed by atoms with Crippen LogP contribution in [0.5, 0.6) is 11.5 Å². The summed E-state index contributed by atoms with van der Waals surface area (Å²) in [5.74, 6) is 2.12. The summed E-state index contributed by atoms with van der Waals surface area (Å²) in [5, 5.41) is 3.96. The molecule has 1 aliphatic heterocycles. The van der Waals surface area contributed by atoms with Crippen molar-refractivity contribution < 1.29 is 18.8 Å². The molecule has 0 N–H and O–H groups in total. The van der Waals surface area contributed by atoms with E-state index in [2.05, 4.69) is 16.1 Å². The van der Waals surface area contributed by atoms with Crippen LogP contribution in [-0.4, -0.2) is 49.3 Å². The summed E-state index contributed by atoms with van der Waals surface area (Å²) < 4.78 is 16.5. The van der Waals surface area contributed by atoms with Crippen LogP contribution in [0.3, 0.4) is 0 Å². The van der Waals surface area contributed by atoms with Crippen molar-refractivity contribution in [2.45, 2.75) is 20.5 Å². The van der Waals surface area contributed by atoms with E-state index in [9.17, 15) is 4.79 Å². The largest absolute Gasteiger partial charge is 0.497 e. The molecule has 2 aromatic carbocycles. The van der Waals surface area contributed by atoms with Gasteiger partial charge in [-0.15, -0.1) is 0 Å². The smallest absolute Gasteiger partial charge is 0.257 e. The van der Waals surface area contributed by atoms with Crippen molar-refractivity contribution in [2.75, 3.05) is 38.2 Å². The van der Waals surface area contributed by atoms with Gasteiger partial charge in [-0.1, -0.05) is 23.4 Å². The number of ether oxygens (including phenoxy) is 2. The van der Waals surface area contributed by atoms with Crippen molar-refractivity contribution in [3.05, 3.63) is 71.1 Å². The summed E-state index contributed by atoms with van der Waals surface area (Å²) >= 11 is 0. The summed E-state index contributed by atoms with van der Waals surface area (Å²) in [7, 11) is 1.67. The van der Waals surface area contributed by atoms with Crippen LogP contribution >= 0.6 is 0 Å². The quantitative estimate of drug-likeness (QED) is 0.602. The highest BCUT2D eigenvalue weighted by molar-refractivity contribution is 5.97. The number of carbonyl (C=O) groups is 1. The maximum atomic E-state index is 13.2.